The largest absolute Gasteiger partial charge is 0.370 e. The van der Waals surface area contributed by atoms with Gasteiger partial charge in [-0.1, -0.05) is 35.9 Å². The van der Waals surface area contributed by atoms with Crippen LogP contribution in [0.25, 0.3) is 0 Å². The van der Waals surface area contributed by atoms with Crippen molar-refractivity contribution < 1.29 is 4.39 Å². The van der Waals surface area contributed by atoms with E-state index in [9.17, 15) is 4.39 Å². The van der Waals surface area contributed by atoms with Crippen LogP contribution in [0, 0.1) is 5.82 Å². The molecule has 0 atom stereocenters. The van der Waals surface area contributed by atoms with Crippen LogP contribution in [-0.2, 0) is 13.1 Å². The maximum Gasteiger partial charge on any atom is 0.224 e. The van der Waals surface area contributed by atoms with Crippen molar-refractivity contribution in [2.45, 2.75) is 13.1 Å². The maximum atomic E-state index is 13.0. The fourth-order valence-corrected chi connectivity index (χ4v) is 1.79. The molecule has 0 amide bonds. The number of hydrogen-bond acceptors (Lipinski definition) is 4. The van der Waals surface area contributed by atoms with Crippen LogP contribution in [0.4, 0.5) is 10.3 Å². The van der Waals surface area contributed by atoms with Crippen molar-refractivity contribution in [3.8, 4) is 0 Å². The summed E-state index contributed by atoms with van der Waals surface area (Å²) in [5.74, 6) is 0.0408. The third-order valence-electron chi connectivity index (χ3n) is 2.89. The number of aromatic nitrogens is 2. The Morgan fingerprint density at radius 2 is 1.91 bits per heavy atom. The fraction of sp³-hybridized carbons (Fsp3) is 0.214. The Morgan fingerprint density at radius 1 is 1.27 bits per heavy atom. The van der Waals surface area contributed by atoms with Gasteiger partial charge in [0.05, 0.1) is 6.20 Å². The predicted octanol–water partition coefficient (Wildman–Crippen LogP) is 1.92. The van der Waals surface area contributed by atoms with Crippen molar-refractivity contribution in [1.82, 2.24) is 15.3 Å². The molecule has 1 aromatic carbocycles. The highest BCUT2D eigenvalue weighted by atomic mass is 35.5. The molecule has 4 N–H and O–H groups in total. The first-order valence-corrected chi connectivity index (χ1v) is 6.92. The molecular weight excluding hydrogens is 307 g/mol. The summed E-state index contributed by atoms with van der Waals surface area (Å²) >= 11 is 5.60. The van der Waals surface area contributed by atoms with Crippen molar-refractivity contribution in [3.63, 3.8) is 0 Å². The van der Waals surface area contributed by atoms with Gasteiger partial charge in [-0.05, 0) is 11.1 Å². The van der Waals surface area contributed by atoms with Gasteiger partial charge < -0.3 is 16.4 Å². The number of hydrogen-bond donors (Lipinski definition) is 3. The van der Waals surface area contributed by atoms with Crippen LogP contribution in [0.3, 0.4) is 0 Å². The molecule has 0 bridgehead atoms. The Hall–Kier alpha value is -2.41. The molecule has 0 aliphatic heterocycles. The molecule has 0 radical (unpaired) electrons. The third-order valence-corrected chi connectivity index (χ3v) is 3.15. The second kappa shape index (κ2) is 7.56. The highest BCUT2D eigenvalue weighted by molar-refractivity contribution is 6.29. The van der Waals surface area contributed by atoms with Crippen molar-refractivity contribution >= 4 is 23.5 Å². The first-order chi connectivity index (χ1) is 10.6. The maximum absolute atomic E-state index is 13.0. The molecule has 22 heavy (non-hydrogen) atoms. The summed E-state index contributed by atoms with van der Waals surface area (Å²) in [5.41, 5.74) is 7.68. The van der Waals surface area contributed by atoms with E-state index in [1.54, 1.807) is 7.05 Å². The van der Waals surface area contributed by atoms with Gasteiger partial charge in [-0.25, -0.2) is 9.37 Å². The summed E-state index contributed by atoms with van der Waals surface area (Å²) in [6, 6.07) is 7.89. The Morgan fingerprint density at radius 3 is 2.50 bits per heavy atom. The van der Waals surface area contributed by atoms with Gasteiger partial charge in [-0.2, -0.15) is 4.98 Å². The molecule has 0 fully saturated rings. The molecule has 2 rings (SSSR count). The standard InChI is InChI=1S/C14H16ClFN6/c1-18-13(17)19-6-9-2-4-10(5-3-9)7-20-14-21-8-11(16)12(15)22-14/h2-5,8H,6-7H2,1H3,(H3,17,18,19)(H,20,21,22). The second-order valence-corrected chi connectivity index (χ2v) is 4.82. The number of nitrogens with zero attached hydrogens (tertiary/aromatic N) is 3. The van der Waals surface area contributed by atoms with E-state index in [-0.39, 0.29) is 11.1 Å². The lowest BCUT2D eigenvalue weighted by atomic mass is 10.1. The lowest BCUT2D eigenvalue weighted by molar-refractivity contribution is 0.614. The van der Waals surface area contributed by atoms with Gasteiger partial charge in [0.1, 0.15) is 0 Å². The summed E-state index contributed by atoms with van der Waals surface area (Å²) in [4.78, 5) is 11.4. The fourth-order valence-electron chi connectivity index (χ4n) is 1.66. The normalized spacial score (nSPS) is 11.3. The van der Waals surface area contributed by atoms with E-state index >= 15 is 0 Å². The lowest BCUT2D eigenvalue weighted by Crippen LogP contribution is -2.30. The summed E-state index contributed by atoms with van der Waals surface area (Å²) in [6.07, 6.45) is 1.03. The number of guanidine groups is 1. The van der Waals surface area contributed by atoms with Crippen LogP contribution >= 0.6 is 11.6 Å². The van der Waals surface area contributed by atoms with E-state index in [4.69, 9.17) is 17.3 Å². The van der Waals surface area contributed by atoms with Gasteiger partial charge in [-0.15, -0.1) is 0 Å². The molecule has 0 unspecified atom stereocenters. The molecule has 0 aliphatic rings. The number of rotatable bonds is 5. The highest BCUT2D eigenvalue weighted by Gasteiger charge is 2.04. The minimum absolute atomic E-state index is 0.200. The van der Waals surface area contributed by atoms with Gasteiger partial charge in [-0.3, -0.25) is 4.99 Å². The topological polar surface area (TPSA) is 88.2 Å². The lowest BCUT2D eigenvalue weighted by Gasteiger charge is -2.08. The minimum Gasteiger partial charge on any atom is -0.370 e. The number of anilines is 1. The average molecular weight is 323 g/mol. The monoisotopic (exact) mass is 322 g/mol. The van der Waals surface area contributed by atoms with Gasteiger partial charge in [0, 0.05) is 20.1 Å². The van der Waals surface area contributed by atoms with Gasteiger partial charge in [0.2, 0.25) is 5.95 Å². The molecule has 0 spiro atoms. The highest BCUT2D eigenvalue weighted by Crippen LogP contribution is 2.12. The summed E-state index contributed by atoms with van der Waals surface area (Å²) in [7, 11) is 1.63. The number of halogens is 2. The van der Waals surface area contributed by atoms with Crippen molar-refractivity contribution in [2.75, 3.05) is 12.4 Å². The summed E-state index contributed by atoms with van der Waals surface area (Å²) < 4.78 is 13.0. The van der Waals surface area contributed by atoms with Crippen molar-refractivity contribution in [3.05, 3.63) is 52.6 Å². The molecular formula is C14H16ClFN6. The van der Waals surface area contributed by atoms with Crippen molar-refractivity contribution in [2.24, 2.45) is 10.7 Å². The quantitative estimate of drug-likeness (QED) is 0.444. The molecule has 2 aromatic rings. The Balaban J connectivity index is 1.89. The zero-order valence-corrected chi connectivity index (χ0v) is 12.7. The van der Waals surface area contributed by atoms with Gasteiger partial charge >= 0.3 is 0 Å². The first kappa shape index (κ1) is 16.0. The molecule has 0 saturated carbocycles. The third kappa shape index (κ3) is 4.56. The van der Waals surface area contributed by atoms with Crippen LogP contribution in [0.15, 0.2) is 35.5 Å². The molecule has 0 aliphatic carbocycles. The van der Waals surface area contributed by atoms with Crippen LogP contribution in [-0.4, -0.2) is 23.0 Å². The van der Waals surface area contributed by atoms with Crippen LogP contribution < -0.4 is 16.4 Å². The molecule has 1 heterocycles. The van der Waals surface area contributed by atoms with Crippen molar-refractivity contribution in [1.29, 1.82) is 0 Å². The summed E-state index contributed by atoms with van der Waals surface area (Å²) in [6.45, 7) is 1.11. The van der Waals surface area contributed by atoms with E-state index in [1.807, 2.05) is 24.3 Å². The van der Waals surface area contributed by atoms with E-state index in [1.165, 1.54) is 0 Å². The zero-order valence-electron chi connectivity index (χ0n) is 12.0. The first-order valence-electron chi connectivity index (χ1n) is 6.54. The smallest absolute Gasteiger partial charge is 0.224 e. The number of benzene rings is 1. The average Bonchev–Trinajstić information content (AvgIpc) is 2.54. The number of nitrogens with two attached hydrogens (primary N) is 1. The van der Waals surface area contributed by atoms with Gasteiger partial charge in [0.15, 0.2) is 16.9 Å². The molecule has 8 heteroatoms. The molecule has 116 valence electrons. The second-order valence-electron chi connectivity index (χ2n) is 4.46. The van der Waals surface area contributed by atoms with E-state index in [0.29, 0.717) is 19.0 Å². The Bertz CT molecular complexity index is 659. The van der Waals surface area contributed by atoms with Gasteiger partial charge in [0.25, 0.3) is 0 Å². The SMILES string of the molecule is CN=C(N)NCc1ccc(CNc2ncc(F)c(Cl)n2)cc1. The number of nitrogens with one attached hydrogen (secondary N) is 2. The molecule has 0 saturated heterocycles. The van der Waals surface area contributed by atoms with E-state index < -0.39 is 5.82 Å². The minimum atomic E-state index is -0.640. The van der Waals surface area contributed by atoms with Crippen LogP contribution in [0.1, 0.15) is 11.1 Å². The molecule has 6 nitrogen and oxygen atoms in total. The Kier molecular flexibility index (Phi) is 5.48. The predicted molar refractivity (Wildman–Crippen MR) is 85.2 cm³/mol. The van der Waals surface area contributed by atoms with Crippen LogP contribution in [0.5, 0.6) is 0 Å². The summed E-state index contributed by atoms with van der Waals surface area (Å²) in [5, 5.41) is 5.76. The van der Waals surface area contributed by atoms with E-state index in [0.717, 1.165) is 17.3 Å². The zero-order chi connectivity index (χ0) is 15.9. The number of aliphatic imine (C=N–C) groups is 1. The van der Waals surface area contributed by atoms with E-state index in [2.05, 4.69) is 25.6 Å². The van der Waals surface area contributed by atoms with Crippen LogP contribution in [0.2, 0.25) is 5.15 Å². The Labute approximate surface area is 132 Å². The molecule has 1 aromatic heterocycles.